The average molecular weight is 1090 g/mol. The number of fused-ring (bicyclic) bond motifs is 4. The van der Waals surface area contributed by atoms with Crippen LogP contribution < -0.4 is 15.1 Å². The number of ether oxygens (including phenoxy) is 3. The molecule has 10 rings (SSSR count). The van der Waals surface area contributed by atoms with Gasteiger partial charge in [0.15, 0.2) is 35.2 Å². The summed E-state index contributed by atoms with van der Waals surface area (Å²) in [6, 6.07) is 3.61. The number of nitrogens with one attached hydrogen (secondary N) is 1. The van der Waals surface area contributed by atoms with Crippen LogP contribution in [0.3, 0.4) is 0 Å². The highest BCUT2D eigenvalue weighted by atomic mass is 32.2. The molecule has 31 heteroatoms. The third-order valence-electron chi connectivity index (χ3n) is 8.73. The third kappa shape index (κ3) is 17.5. The molecule has 4 aromatic heterocycles. The van der Waals surface area contributed by atoms with E-state index in [2.05, 4.69) is 46.9 Å². The van der Waals surface area contributed by atoms with Crippen LogP contribution in [-0.2, 0) is 54.8 Å². The number of hydrogen-bond donors (Lipinski definition) is 3. The number of rotatable bonds is 9. The largest absolute Gasteiger partial charge is 0.538 e. The lowest BCUT2D eigenvalue weighted by atomic mass is 10.4. The molecule has 0 amide bonds. The molecule has 0 spiro atoms. The van der Waals surface area contributed by atoms with Crippen molar-refractivity contribution < 1.29 is 67.5 Å². The van der Waals surface area contributed by atoms with E-state index in [9.17, 15) is 38.8 Å². The predicted molar refractivity (Wildman–Crippen MR) is 257 cm³/mol. The Morgan fingerprint density at radius 3 is 2.06 bits per heavy atom. The van der Waals surface area contributed by atoms with E-state index >= 15 is 0 Å². The van der Waals surface area contributed by atoms with Gasteiger partial charge in [0.25, 0.3) is 5.03 Å². The van der Waals surface area contributed by atoms with Crippen LogP contribution in [0.15, 0.2) is 48.2 Å². The van der Waals surface area contributed by atoms with Gasteiger partial charge < -0.3 is 34.1 Å². The fourth-order valence-electron chi connectivity index (χ4n) is 5.74. The Labute approximate surface area is 425 Å². The number of carboxylic acid groups (broad SMARTS) is 2. The molecular formula is C39H49N11O14S6. The molecule has 25 nitrogen and oxygen atoms in total. The minimum absolute atomic E-state index is 0.266. The molecule has 3 N–H and O–H groups in total. The summed E-state index contributed by atoms with van der Waals surface area (Å²) in [6.45, 7) is 11.2. The first-order valence-electron chi connectivity index (χ1n) is 21.0. The first-order chi connectivity index (χ1) is 33.8. The Morgan fingerprint density at radius 1 is 0.871 bits per heavy atom. The van der Waals surface area contributed by atoms with E-state index in [1.807, 2.05) is 20.1 Å². The molecule has 2 fully saturated rings. The maximum atomic E-state index is 11.4. The van der Waals surface area contributed by atoms with Crippen LogP contribution >= 0.6 is 70.6 Å². The number of aliphatic carboxylic acids is 2. The Bertz CT molecular complexity index is 2390. The highest BCUT2D eigenvalue weighted by Gasteiger charge is 2.31. The molecule has 0 aromatic carbocycles. The van der Waals surface area contributed by atoms with Crippen LogP contribution in [0.1, 0.15) is 52.1 Å². The van der Waals surface area contributed by atoms with Gasteiger partial charge in [-0.3, -0.25) is 24.2 Å². The van der Waals surface area contributed by atoms with Gasteiger partial charge in [-0.25, -0.2) is 29.0 Å². The Balaban J connectivity index is 0.000000179. The molecule has 70 heavy (non-hydrogen) atoms. The highest BCUT2D eigenvalue weighted by Crippen LogP contribution is 2.30. The minimum atomic E-state index is -0.998. The van der Waals surface area contributed by atoms with Gasteiger partial charge >= 0.3 is 29.8 Å². The van der Waals surface area contributed by atoms with Gasteiger partial charge in [0, 0.05) is 53.4 Å². The fraction of sp³-hybridized carbons (Fsp3) is 0.513. The van der Waals surface area contributed by atoms with Gasteiger partial charge in [0.1, 0.15) is 16.3 Å². The molecule has 6 aliphatic rings. The zero-order valence-electron chi connectivity index (χ0n) is 37.9. The lowest BCUT2D eigenvalue weighted by molar-refractivity contribution is -0.785. The van der Waals surface area contributed by atoms with E-state index in [0.717, 1.165) is 87.9 Å². The summed E-state index contributed by atoms with van der Waals surface area (Å²) in [5, 5.41) is 52.2. The molecule has 0 saturated carbocycles. The van der Waals surface area contributed by atoms with E-state index in [0.29, 0.717) is 54.1 Å². The summed E-state index contributed by atoms with van der Waals surface area (Å²) >= 11 is 9.27. The lowest BCUT2D eigenvalue weighted by Gasteiger charge is -2.10. The van der Waals surface area contributed by atoms with Crippen molar-refractivity contribution in [1.82, 2.24) is 44.9 Å². The van der Waals surface area contributed by atoms with Crippen LogP contribution in [0.4, 0.5) is 0 Å². The number of carboxylic acids is 2. The first-order valence-corrected chi connectivity index (χ1v) is 27.1. The number of aldehydes is 1. The monoisotopic (exact) mass is 1090 g/mol. The number of hydrogen-bond acceptors (Lipinski definition) is 24. The van der Waals surface area contributed by atoms with E-state index in [4.69, 9.17) is 19.7 Å². The van der Waals surface area contributed by atoms with Crippen molar-refractivity contribution >= 4 is 107 Å². The molecule has 10 heterocycles. The van der Waals surface area contributed by atoms with Crippen molar-refractivity contribution in [2.45, 2.75) is 77.8 Å². The first kappa shape index (κ1) is 57.2. The van der Waals surface area contributed by atoms with Crippen molar-refractivity contribution in [1.29, 1.82) is 0 Å². The summed E-state index contributed by atoms with van der Waals surface area (Å²) in [4.78, 5) is 73.1. The van der Waals surface area contributed by atoms with Gasteiger partial charge in [-0.2, -0.15) is 15.3 Å². The van der Waals surface area contributed by atoms with Crippen LogP contribution in [0.5, 0.6) is 5.95 Å². The fourth-order valence-corrected chi connectivity index (χ4v) is 11.4. The molecule has 2 atom stereocenters. The second-order valence-electron chi connectivity index (χ2n) is 13.4. The van der Waals surface area contributed by atoms with Crippen LogP contribution in [-0.4, -0.2) is 164 Å². The molecule has 4 aromatic rings. The molecule has 380 valence electrons. The van der Waals surface area contributed by atoms with E-state index in [1.54, 1.807) is 78.9 Å². The van der Waals surface area contributed by atoms with Crippen molar-refractivity contribution in [3.8, 4) is 18.3 Å². The second-order valence-corrected chi connectivity index (χ2v) is 20.2. The zero-order chi connectivity index (χ0) is 51.0. The molecule has 0 bridgehead atoms. The maximum absolute atomic E-state index is 11.4. The molecule has 0 radical (unpaired) electrons. The Kier molecular flexibility index (Phi) is 24.8. The standard InChI is InChI=1S/2C8H10N2O2S.C6H6N2OS.C5H6O2.C4H6N2O3S.C4H4N2O2S.C4H7NO2S/c1-2-12-8(11)6-5-9-10-3-4-13-7(6)10;1-2-12-8(11)6-5-7-10(9-6)3-4-13-7;9-4-5-3-6-8(7-5)1-2-10-6;1-3-5(6)7-4-2;7-4(8)3-6(5-9)1-2-10-3;7-4-3-6(5-8-4)1-2-9-3;6-4(7)3-5-1-2-8-3/h2*5H,2-4H2,1H3;3-4H,1-2H2;1H,4H2,2H3;3H,1-2H2,(H,7,8);1-2H2;3,5H,1-2H2,(H,6,7). The van der Waals surface area contributed by atoms with Crippen LogP contribution in [0, 0.1) is 17.3 Å². The molecule has 0 aliphatic carbocycles. The molecule has 2 saturated heterocycles. The van der Waals surface area contributed by atoms with E-state index < -0.39 is 23.3 Å². The number of nitroso groups, excluding NO2 is 1. The number of thioether (sulfide) groups is 6. The van der Waals surface area contributed by atoms with Gasteiger partial charge in [0.05, 0.1) is 78.6 Å². The van der Waals surface area contributed by atoms with Crippen LogP contribution in [0.25, 0.3) is 0 Å². The van der Waals surface area contributed by atoms with E-state index in [1.165, 1.54) is 35.3 Å². The predicted octanol–water partition coefficient (Wildman–Crippen LogP) is 2.32. The number of carbonyl (C=O) groups is 6. The normalized spacial score (nSPS) is 17.0. The topological polar surface area (TPSA) is 322 Å². The van der Waals surface area contributed by atoms with Gasteiger partial charge in [-0.1, -0.05) is 4.68 Å². The van der Waals surface area contributed by atoms with Crippen molar-refractivity contribution in [2.75, 3.05) is 67.4 Å². The minimum Gasteiger partial charge on any atom is -0.538 e. The number of aromatic nitrogens is 8. The van der Waals surface area contributed by atoms with Crippen LogP contribution in [0.2, 0.25) is 0 Å². The SMILES string of the molecule is C#CC(=O)OCC.CCOC(=O)c1cc2n(n1)CCS2.CCOC(=O)c1cnn2c1SCC2.O=C(O)C1NCCS1.O=Cc1cc2n(n1)CCS2.O=NN1CCSC1C(=O)O.[O-]c1on[n+]2c1SCC2. The number of nitrogens with zero attached hydrogens (tertiary/aromatic N) is 10. The number of esters is 3. The van der Waals surface area contributed by atoms with Gasteiger partial charge in [-0.05, 0) is 32.5 Å². The molecular weight excluding hydrogens is 1040 g/mol. The summed E-state index contributed by atoms with van der Waals surface area (Å²) in [5.74, 6) is 4.19. The lowest BCUT2D eigenvalue weighted by Crippen LogP contribution is -2.33. The highest BCUT2D eigenvalue weighted by molar-refractivity contribution is 8.01. The van der Waals surface area contributed by atoms with Crippen molar-refractivity contribution in [2.24, 2.45) is 5.29 Å². The van der Waals surface area contributed by atoms with Crippen molar-refractivity contribution in [3.05, 3.63) is 40.2 Å². The molecule has 2 unspecified atom stereocenters. The summed E-state index contributed by atoms with van der Waals surface area (Å²) in [7, 11) is 0. The Hall–Kier alpha value is -5.39. The summed E-state index contributed by atoms with van der Waals surface area (Å²) in [5.41, 5.74) is 1.57. The quantitative estimate of drug-likeness (QED) is 0.0412. The summed E-state index contributed by atoms with van der Waals surface area (Å²) < 4.78 is 25.6. The van der Waals surface area contributed by atoms with E-state index in [-0.39, 0.29) is 23.3 Å². The smallest absolute Gasteiger partial charge is 0.384 e. The average Bonchev–Trinajstić information content (AvgIpc) is 4.18. The Morgan fingerprint density at radius 2 is 1.53 bits per heavy atom. The zero-order valence-corrected chi connectivity index (χ0v) is 42.8. The molecule has 6 aliphatic heterocycles. The third-order valence-corrected chi connectivity index (χ3v) is 15.2. The summed E-state index contributed by atoms with van der Waals surface area (Å²) in [6.07, 6.45) is 7.00. The number of carbonyl (C=O) groups excluding carboxylic acids is 4. The van der Waals surface area contributed by atoms with Crippen molar-refractivity contribution in [3.63, 3.8) is 0 Å². The maximum Gasteiger partial charge on any atom is 0.384 e. The number of aryl methyl sites for hydroxylation is 4. The van der Waals surface area contributed by atoms with Gasteiger partial charge in [0.2, 0.25) is 0 Å². The van der Waals surface area contributed by atoms with Gasteiger partial charge in [-0.15, -0.1) is 70.1 Å². The number of terminal acetylenes is 1. The second kappa shape index (κ2) is 30.4.